The van der Waals surface area contributed by atoms with Gasteiger partial charge in [0.1, 0.15) is 11.6 Å². The molecule has 27 heavy (non-hydrogen) atoms. The van der Waals surface area contributed by atoms with Crippen LogP contribution < -0.4 is 0 Å². The number of amides is 1. The lowest BCUT2D eigenvalue weighted by molar-refractivity contribution is -0.286. The van der Waals surface area contributed by atoms with Crippen molar-refractivity contribution in [1.82, 2.24) is 9.96 Å². The van der Waals surface area contributed by atoms with Crippen LogP contribution in [0.2, 0.25) is 0 Å². The summed E-state index contributed by atoms with van der Waals surface area (Å²) < 4.78 is 0. The van der Waals surface area contributed by atoms with Gasteiger partial charge in [-0.2, -0.15) is 5.06 Å². The minimum Gasteiger partial charge on any atom is -0.338 e. The number of unbranched alkanes of at least 4 members (excludes halogenated alkanes) is 1. The van der Waals surface area contributed by atoms with Crippen molar-refractivity contribution >= 4 is 5.91 Å². The highest BCUT2D eigenvalue weighted by atomic mass is 16.7. The zero-order valence-electron chi connectivity index (χ0n) is 18.3. The van der Waals surface area contributed by atoms with Gasteiger partial charge in [0, 0.05) is 18.1 Å². The van der Waals surface area contributed by atoms with E-state index in [-0.39, 0.29) is 23.6 Å². The third-order valence-corrected chi connectivity index (χ3v) is 6.02. The lowest BCUT2D eigenvalue weighted by Gasteiger charge is -2.47. The van der Waals surface area contributed by atoms with E-state index in [1.54, 1.807) is 0 Å². The van der Waals surface area contributed by atoms with E-state index in [2.05, 4.69) is 58.6 Å². The Bertz CT molecular complexity index is 616. The van der Waals surface area contributed by atoms with E-state index < -0.39 is 5.54 Å². The van der Waals surface area contributed by atoms with Gasteiger partial charge in [0.05, 0.1) is 0 Å². The first-order chi connectivity index (χ1) is 12.7. The van der Waals surface area contributed by atoms with E-state index in [0.717, 1.165) is 31.4 Å². The van der Waals surface area contributed by atoms with Gasteiger partial charge in [0.25, 0.3) is 0 Å². The summed E-state index contributed by atoms with van der Waals surface area (Å²) in [6, 6.07) is 10.4. The van der Waals surface area contributed by atoms with Crippen molar-refractivity contribution in [3.63, 3.8) is 0 Å². The molecule has 2 rings (SSSR count). The van der Waals surface area contributed by atoms with Gasteiger partial charge in [0.15, 0.2) is 0 Å². The zero-order valence-corrected chi connectivity index (χ0v) is 18.3. The van der Waals surface area contributed by atoms with Gasteiger partial charge in [-0.05, 0) is 59.4 Å². The maximum atomic E-state index is 13.6. The average Bonchev–Trinajstić information content (AvgIpc) is 2.69. The van der Waals surface area contributed by atoms with Crippen LogP contribution >= 0.6 is 0 Å². The van der Waals surface area contributed by atoms with Crippen molar-refractivity contribution in [1.29, 1.82) is 0 Å². The molecule has 0 spiro atoms. The SMILES string of the molecule is CCCCN1C(=O)C(C)(CC)N(OC(C)c2ccccc2)C(C)(C)CC1C. The Morgan fingerprint density at radius 2 is 1.81 bits per heavy atom. The van der Waals surface area contributed by atoms with Crippen LogP contribution in [0.15, 0.2) is 30.3 Å². The van der Waals surface area contributed by atoms with Crippen LogP contribution in [0.1, 0.15) is 85.8 Å². The molecule has 0 radical (unpaired) electrons. The normalized spacial score (nSPS) is 27.4. The Balaban J connectivity index is 2.39. The van der Waals surface area contributed by atoms with Crippen molar-refractivity contribution in [2.75, 3.05) is 6.54 Å². The van der Waals surface area contributed by atoms with E-state index in [9.17, 15) is 4.79 Å². The largest absolute Gasteiger partial charge is 0.338 e. The van der Waals surface area contributed by atoms with E-state index in [4.69, 9.17) is 4.84 Å². The lowest BCUT2D eigenvalue weighted by Crippen LogP contribution is -2.61. The molecule has 1 aromatic carbocycles. The molecule has 0 bridgehead atoms. The predicted octanol–water partition coefficient (Wildman–Crippen LogP) is 5.35. The number of rotatable bonds is 7. The van der Waals surface area contributed by atoms with Crippen LogP contribution in [0.4, 0.5) is 0 Å². The minimum absolute atomic E-state index is 0.110. The molecule has 1 saturated heterocycles. The number of carbonyl (C=O) groups is 1. The Kier molecular flexibility index (Phi) is 7.09. The van der Waals surface area contributed by atoms with Crippen LogP contribution in [-0.4, -0.2) is 39.5 Å². The number of hydrogen-bond acceptors (Lipinski definition) is 3. The minimum atomic E-state index is -0.676. The maximum Gasteiger partial charge on any atom is 0.245 e. The van der Waals surface area contributed by atoms with Gasteiger partial charge in [-0.3, -0.25) is 9.63 Å². The average molecular weight is 375 g/mol. The van der Waals surface area contributed by atoms with Crippen LogP contribution in [-0.2, 0) is 9.63 Å². The predicted molar refractivity (Wildman–Crippen MR) is 111 cm³/mol. The molecule has 0 aliphatic carbocycles. The second-order valence-electron chi connectivity index (χ2n) is 8.80. The van der Waals surface area contributed by atoms with Gasteiger partial charge < -0.3 is 4.90 Å². The molecule has 1 amide bonds. The van der Waals surface area contributed by atoms with Gasteiger partial charge in [-0.15, -0.1) is 0 Å². The summed E-state index contributed by atoms with van der Waals surface area (Å²) in [5, 5.41) is 2.02. The third-order valence-electron chi connectivity index (χ3n) is 6.02. The van der Waals surface area contributed by atoms with Gasteiger partial charge in [0.2, 0.25) is 5.91 Å². The molecule has 1 aliphatic heterocycles. The molecule has 3 unspecified atom stereocenters. The molecule has 1 aliphatic rings. The van der Waals surface area contributed by atoms with Gasteiger partial charge >= 0.3 is 0 Å². The Labute approximate surface area is 165 Å². The number of benzene rings is 1. The summed E-state index contributed by atoms with van der Waals surface area (Å²) in [7, 11) is 0. The van der Waals surface area contributed by atoms with Crippen molar-refractivity contribution in [2.45, 2.75) is 97.4 Å². The fourth-order valence-corrected chi connectivity index (χ4v) is 4.33. The third kappa shape index (κ3) is 4.55. The highest BCUT2D eigenvalue weighted by Gasteiger charge is 2.52. The van der Waals surface area contributed by atoms with Crippen LogP contribution in [0.3, 0.4) is 0 Å². The zero-order chi connectivity index (χ0) is 20.2. The topological polar surface area (TPSA) is 32.8 Å². The van der Waals surface area contributed by atoms with Crippen LogP contribution in [0, 0.1) is 0 Å². The number of nitrogens with zero attached hydrogens (tertiary/aromatic N) is 2. The van der Waals surface area contributed by atoms with Crippen molar-refractivity contribution in [3.05, 3.63) is 35.9 Å². The first-order valence-corrected chi connectivity index (χ1v) is 10.5. The van der Waals surface area contributed by atoms with Gasteiger partial charge in [-0.25, -0.2) is 0 Å². The molecule has 1 aromatic rings. The van der Waals surface area contributed by atoms with Crippen molar-refractivity contribution < 1.29 is 9.63 Å². The summed E-state index contributed by atoms with van der Waals surface area (Å²) in [4.78, 5) is 22.3. The molecular formula is C23H38N2O2. The first kappa shape index (κ1) is 21.9. The van der Waals surface area contributed by atoms with Crippen LogP contribution in [0.25, 0.3) is 0 Å². The fraction of sp³-hybridized carbons (Fsp3) is 0.696. The smallest absolute Gasteiger partial charge is 0.245 e. The first-order valence-electron chi connectivity index (χ1n) is 10.5. The second kappa shape index (κ2) is 8.74. The molecule has 1 heterocycles. The molecular weight excluding hydrogens is 336 g/mol. The van der Waals surface area contributed by atoms with Crippen molar-refractivity contribution in [2.24, 2.45) is 0 Å². The van der Waals surface area contributed by atoms with E-state index in [0.29, 0.717) is 6.42 Å². The molecule has 0 N–H and O–H groups in total. The fourth-order valence-electron chi connectivity index (χ4n) is 4.33. The Hall–Kier alpha value is -1.39. The molecule has 0 saturated carbocycles. The van der Waals surface area contributed by atoms with E-state index in [1.165, 1.54) is 0 Å². The summed E-state index contributed by atoms with van der Waals surface area (Å²) >= 11 is 0. The van der Waals surface area contributed by atoms with E-state index >= 15 is 0 Å². The molecule has 0 aromatic heterocycles. The maximum absolute atomic E-state index is 13.6. The summed E-state index contributed by atoms with van der Waals surface area (Å²) in [6.07, 6.45) is 3.62. The lowest BCUT2D eigenvalue weighted by atomic mass is 9.90. The Morgan fingerprint density at radius 3 is 2.37 bits per heavy atom. The molecule has 152 valence electrons. The second-order valence-corrected chi connectivity index (χ2v) is 8.80. The standard InChI is InChI=1S/C23H38N2O2/c1-8-10-16-24-18(3)17-22(5,6)25(23(7,9-2)21(24)26)27-19(4)20-14-12-11-13-15-20/h11-15,18-19H,8-10,16-17H2,1-7H3. The molecule has 1 fully saturated rings. The highest BCUT2D eigenvalue weighted by Crippen LogP contribution is 2.40. The summed E-state index contributed by atoms with van der Waals surface area (Å²) in [6.45, 7) is 15.8. The Morgan fingerprint density at radius 1 is 1.19 bits per heavy atom. The van der Waals surface area contributed by atoms with Gasteiger partial charge in [-0.1, -0.05) is 50.6 Å². The van der Waals surface area contributed by atoms with Crippen LogP contribution in [0.5, 0.6) is 0 Å². The van der Waals surface area contributed by atoms with Crippen molar-refractivity contribution in [3.8, 4) is 0 Å². The monoisotopic (exact) mass is 374 g/mol. The number of carbonyl (C=O) groups excluding carboxylic acids is 1. The molecule has 4 nitrogen and oxygen atoms in total. The quantitative estimate of drug-likeness (QED) is 0.645. The molecule has 3 atom stereocenters. The number of hydroxylamine groups is 2. The van der Waals surface area contributed by atoms with E-state index in [1.807, 2.05) is 30.2 Å². The number of hydrogen-bond donors (Lipinski definition) is 0. The summed E-state index contributed by atoms with van der Waals surface area (Å²) in [5.74, 6) is 0.191. The molecule has 4 heteroatoms. The highest BCUT2D eigenvalue weighted by molar-refractivity contribution is 5.86. The summed E-state index contributed by atoms with van der Waals surface area (Å²) in [5.41, 5.74) is 0.203.